The lowest BCUT2D eigenvalue weighted by Crippen LogP contribution is -2.66. The molecule has 7 nitrogen and oxygen atoms in total. The molecule has 1 aromatic heterocycles. The van der Waals surface area contributed by atoms with Crippen LogP contribution in [0, 0.1) is 17.8 Å². The summed E-state index contributed by atoms with van der Waals surface area (Å²) < 4.78 is 48.3. The Morgan fingerprint density at radius 2 is 1.81 bits per heavy atom. The quantitative estimate of drug-likeness (QED) is 0.434. The van der Waals surface area contributed by atoms with E-state index in [1.54, 1.807) is 20.8 Å². The molecule has 2 N–H and O–H groups in total. The molecule has 4 fully saturated rings. The van der Waals surface area contributed by atoms with Crippen LogP contribution in [-0.2, 0) is 15.7 Å². The van der Waals surface area contributed by atoms with Crippen molar-refractivity contribution in [2.24, 2.45) is 22.7 Å². The molecule has 0 saturated heterocycles. The van der Waals surface area contributed by atoms with Gasteiger partial charge in [-0.05, 0) is 75.8 Å². The van der Waals surface area contributed by atoms with Crippen molar-refractivity contribution < 1.29 is 27.5 Å². The summed E-state index contributed by atoms with van der Waals surface area (Å²) in [5.41, 5.74) is -2.46. The zero-order chi connectivity index (χ0) is 26.5. The lowest BCUT2D eigenvalue weighted by atomic mass is 9.51. The maximum atomic E-state index is 14.1. The molecule has 4 saturated carbocycles. The topological polar surface area (TPSA) is 84.7 Å². The SMILES string of the molecule is COC(C)=NC(C)(C)C=Cn1ccc(C(=O)NC2C3CC4CC2CC(NC(C)=O)(C4)C3)c1C(F)(F)F. The van der Waals surface area contributed by atoms with E-state index in [1.165, 1.54) is 38.6 Å². The van der Waals surface area contributed by atoms with E-state index in [0.717, 1.165) is 36.7 Å². The van der Waals surface area contributed by atoms with Crippen molar-refractivity contribution in [2.45, 2.75) is 83.1 Å². The second kappa shape index (κ2) is 9.27. The molecule has 2 atom stereocenters. The van der Waals surface area contributed by atoms with Gasteiger partial charge in [0.25, 0.3) is 5.91 Å². The number of ether oxygens (including phenoxy) is 1. The molecule has 4 aliphatic carbocycles. The molecule has 36 heavy (non-hydrogen) atoms. The number of hydrogen-bond donors (Lipinski definition) is 2. The van der Waals surface area contributed by atoms with Gasteiger partial charge in [-0.2, -0.15) is 13.2 Å². The molecule has 0 aliphatic heterocycles. The van der Waals surface area contributed by atoms with E-state index in [0.29, 0.717) is 11.8 Å². The first-order valence-corrected chi connectivity index (χ1v) is 12.4. The van der Waals surface area contributed by atoms with Crippen molar-refractivity contribution in [3.8, 4) is 0 Å². The number of amides is 2. The number of carbonyl (C=O) groups is 2. The highest BCUT2D eigenvalue weighted by molar-refractivity contribution is 5.96. The first-order chi connectivity index (χ1) is 16.7. The number of halogens is 3. The summed E-state index contributed by atoms with van der Waals surface area (Å²) in [6.45, 7) is 6.67. The molecule has 2 unspecified atom stereocenters. The highest BCUT2D eigenvalue weighted by Gasteiger charge is 2.56. The summed E-state index contributed by atoms with van der Waals surface area (Å²) in [5.74, 6) is 0.398. The number of aliphatic imine (C=N–C) groups is 1. The van der Waals surface area contributed by atoms with E-state index in [2.05, 4.69) is 15.6 Å². The Hall–Kier alpha value is -2.78. The van der Waals surface area contributed by atoms with Crippen LogP contribution in [0.4, 0.5) is 13.2 Å². The van der Waals surface area contributed by atoms with Crippen LogP contribution in [0.3, 0.4) is 0 Å². The van der Waals surface area contributed by atoms with Crippen LogP contribution in [-0.4, -0.2) is 46.5 Å². The molecule has 1 heterocycles. The molecule has 198 valence electrons. The predicted molar refractivity (Wildman–Crippen MR) is 130 cm³/mol. The molecular formula is C26H35F3N4O3. The summed E-state index contributed by atoms with van der Waals surface area (Å²) in [7, 11) is 1.47. The smallest absolute Gasteiger partial charge is 0.432 e. The molecule has 0 radical (unpaired) electrons. The van der Waals surface area contributed by atoms with Gasteiger partial charge in [0.1, 0.15) is 5.69 Å². The Morgan fingerprint density at radius 3 is 2.36 bits per heavy atom. The summed E-state index contributed by atoms with van der Waals surface area (Å²) in [6.07, 6.45) is 3.63. The standard InChI is InChI=1S/C26H35F3N4O3/c1-15(34)31-25-12-17-10-18(13-25)21(19(11-17)14-25)30-23(35)20-6-8-33(22(20)26(27,28)29)9-7-24(3,4)32-16(2)36-5/h6-9,17-19,21H,10-14H2,1-5H3,(H,30,35)(H,31,34). The van der Waals surface area contributed by atoms with Gasteiger partial charge in [-0.15, -0.1) is 0 Å². The van der Waals surface area contributed by atoms with Crippen molar-refractivity contribution >= 4 is 23.9 Å². The van der Waals surface area contributed by atoms with Crippen LogP contribution in [0.15, 0.2) is 23.3 Å². The highest BCUT2D eigenvalue weighted by atomic mass is 19.4. The molecule has 5 rings (SSSR count). The first-order valence-electron chi connectivity index (χ1n) is 12.4. The average Bonchev–Trinajstić information content (AvgIpc) is 3.18. The van der Waals surface area contributed by atoms with Gasteiger partial charge in [-0.3, -0.25) is 9.59 Å². The molecule has 0 aromatic carbocycles. The van der Waals surface area contributed by atoms with Crippen molar-refractivity contribution in [3.63, 3.8) is 0 Å². The number of hydrogen-bond acceptors (Lipinski definition) is 4. The average molecular weight is 509 g/mol. The second-order valence-electron chi connectivity index (χ2n) is 11.2. The highest BCUT2D eigenvalue weighted by Crippen LogP contribution is 2.55. The maximum Gasteiger partial charge on any atom is 0.432 e. The number of nitrogens with zero attached hydrogens (tertiary/aromatic N) is 2. The van der Waals surface area contributed by atoms with E-state index >= 15 is 0 Å². The second-order valence-corrected chi connectivity index (χ2v) is 11.2. The van der Waals surface area contributed by atoms with Crippen LogP contribution in [0.2, 0.25) is 0 Å². The normalized spacial score (nSPS) is 30.1. The van der Waals surface area contributed by atoms with Crippen molar-refractivity contribution in [1.29, 1.82) is 0 Å². The minimum Gasteiger partial charge on any atom is -0.484 e. The van der Waals surface area contributed by atoms with Gasteiger partial charge >= 0.3 is 6.18 Å². The Labute approximate surface area is 209 Å². The van der Waals surface area contributed by atoms with Gasteiger partial charge in [0.05, 0.1) is 18.2 Å². The van der Waals surface area contributed by atoms with Crippen LogP contribution < -0.4 is 10.6 Å². The van der Waals surface area contributed by atoms with Gasteiger partial charge in [0.2, 0.25) is 5.91 Å². The largest absolute Gasteiger partial charge is 0.484 e. The van der Waals surface area contributed by atoms with Crippen LogP contribution in [0.1, 0.15) is 75.9 Å². The van der Waals surface area contributed by atoms with E-state index < -0.39 is 28.9 Å². The summed E-state index contributed by atoms with van der Waals surface area (Å²) in [4.78, 5) is 29.3. The third-order valence-corrected chi connectivity index (χ3v) is 7.82. The number of carbonyl (C=O) groups excluding carboxylic acids is 2. The zero-order valence-corrected chi connectivity index (χ0v) is 21.4. The summed E-state index contributed by atoms with van der Waals surface area (Å²) in [6, 6.07) is 1.02. The molecule has 1 aromatic rings. The molecule has 2 amide bonds. The molecule has 10 heteroatoms. The number of rotatable bonds is 6. The molecular weight excluding hydrogens is 473 g/mol. The predicted octanol–water partition coefficient (Wildman–Crippen LogP) is 4.63. The Balaban J connectivity index is 1.55. The van der Waals surface area contributed by atoms with Gasteiger partial charge in [0.15, 0.2) is 5.90 Å². The Morgan fingerprint density at radius 1 is 1.17 bits per heavy atom. The van der Waals surface area contributed by atoms with Crippen LogP contribution in [0.25, 0.3) is 6.20 Å². The number of alkyl halides is 3. The van der Waals surface area contributed by atoms with Crippen LogP contribution in [0.5, 0.6) is 0 Å². The number of aromatic nitrogens is 1. The Kier molecular flexibility index (Phi) is 6.77. The van der Waals surface area contributed by atoms with Crippen molar-refractivity contribution in [3.05, 3.63) is 29.6 Å². The fourth-order valence-electron chi connectivity index (χ4n) is 6.82. The molecule has 0 spiro atoms. The van der Waals surface area contributed by atoms with E-state index in [-0.39, 0.29) is 29.3 Å². The molecule has 4 bridgehead atoms. The number of nitrogens with one attached hydrogen (secondary N) is 2. The maximum absolute atomic E-state index is 14.1. The first kappa shape index (κ1) is 26.3. The van der Waals surface area contributed by atoms with Gasteiger partial charge in [-0.25, -0.2) is 4.99 Å². The van der Waals surface area contributed by atoms with E-state index in [9.17, 15) is 22.8 Å². The van der Waals surface area contributed by atoms with Crippen LogP contribution >= 0.6 is 0 Å². The minimum absolute atomic E-state index is 0.0620. The monoisotopic (exact) mass is 508 g/mol. The van der Waals surface area contributed by atoms with Gasteiger partial charge in [0, 0.05) is 37.8 Å². The lowest BCUT2D eigenvalue weighted by Gasteiger charge is -2.60. The third kappa shape index (κ3) is 5.32. The summed E-state index contributed by atoms with van der Waals surface area (Å²) >= 11 is 0. The van der Waals surface area contributed by atoms with Gasteiger partial charge < -0.3 is 19.9 Å². The molecule has 4 aliphatic rings. The van der Waals surface area contributed by atoms with Gasteiger partial charge in [-0.1, -0.05) is 0 Å². The minimum atomic E-state index is -4.73. The number of methoxy groups -OCH3 is 1. The lowest BCUT2D eigenvalue weighted by molar-refractivity contribution is -0.142. The summed E-state index contributed by atoms with van der Waals surface area (Å²) in [5, 5.41) is 6.09. The third-order valence-electron chi connectivity index (χ3n) is 7.82. The Bertz CT molecular complexity index is 1070. The fraction of sp³-hybridized carbons (Fsp3) is 0.654. The van der Waals surface area contributed by atoms with Crippen molar-refractivity contribution in [1.82, 2.24) is 15.2 Å². The van der Waals surface area contributed by atoms with Crippen molar-refractivity contribution in [2.75, 3.05) is 7.11 Å². The van der Waals surface area contributed by atoms with E-state index in [4.69, 9.17) is 4.74 Å². The van der Waals surface area contributed by atoms with E-state index in [1.807, 2.05) is 0 Å². The fourth-order valence-corrected chi connectivity index (χ4v) is 6.82. The zero-order valence-electron chi connectivity index (χ0n) is 21.4.